The molecule has 0 aliphatic heterocycles. The number of Topliss-reactive ketones (excluding diaryl/α,β-unsaturated/α-hetero) is 1. The van der Waals surface area contributed by atoms with E-state index in [1.807, 2.05) is 0 Å². The van der Waals surface area contributed by atoms with Crippen LogP contribution in [0.3, 0.4) is 0 Å². The Morgan fingerprint density at radius 1 is 1.15 bits per heavy atom. The van der Waals surface area contributed by atoms with E-state index in [1.165, 1.54) is 0 Å². The van der Waals surface area contributed by atoms with Crippen molar-refractivity contribution in [3.63, 3.8) is 0 Å². The number of benzene rings is 1. The molecule has 0 bridgehead atoms. The highest BCUT2D eigenvalue weighted by molar-refractivity contribution is 5.96. The fraction of sp³-hybridized carbons (Fsp3) is 0.533. The molecule has 0 spiro atoms. The molecule has 20 heavy (non-hydrogen) atoms. The highest BCUT2D eigenvalue weighted by atomic mass is 19.4. The number of carbonyl (C=O) groups is 1. The van der Waals surface area contributed by atoms with E-state index in [-0.39, 0.29) is 12.3 Å². The third-order valence-electron chi connectivity index (χ3n) is 3.80. The van der Waals surface area contributed by atoms with Crippen LogP contribution in [0.4, 0.5) is 17.6 Å². The average molecular weight is 288 g/mol. The van der Waals surface area contributed by atoms with Crippen molar-refractivity contribution in [2.45, 2.75) is 44.7 Å². The summed E-state index contributed by atoms with van der Waals surface area (Å²) in [5.41, 5.74) is -1.81. The first kappa shape index (κ1) is 15.0. The van der Waals surface area contributed by atoms with Crippen molar-refractivity contribution in [3.05, 3.63) is 35.1 Å². The van der Waals surface area contributed by atoms with E-state index >= 15 is 0 Å². The summed E-state index contributed by atoms with van der Waals surface area (Å²) >= 11 is 0. The summed E-state index contributed by atoms with van der Waals surface area (Å²) in [4.78, 5) is 12.0. The third-order valence-corrected chi connectivity index (χ3v) is 3.80. The van der Waals surface area contributed by atoms with Gasteiger partial charge in [-0.05, 0) is 18.1 Å². The lowest BCUT2D eigenvalue weighted by Crippen LogP contribution is -2.16. The van der Waals surface area contributed by atoms with Crippen LogP contribution in [0.2, 0.25) is 0 Å². The van der Waals surface area contributed by atoms with E-state index < -0.39 is 28.9 Å². The Morgan fingerprint density at radius 3 is 2.40 bits per heavy atom. The quantitative estimate of drug-likeness (QED) is 0.565. The van der Waals surface area contributed by atoms with Crippen molar-refractivity contribution >= 4 is 5.78 Å². The molecule has 0 heterocycles. The van der Waals surface area contributed by atoms with Crippen molar-refractivity contribution in [2.75, 3.05) is 0 Å². The van der Waals surface area contributed by atoms with Gasteiger partial charge in [0.25, 0.3) is 0 Å². The van der Waals surface area contributed by atoms with E-state index in [0.717, 1.165) is 44.2 Å². The summed E-state index contributed by atoms with van der Waals surface area (Å²) in [7, 11) is 0. The second kappa shape index (κ2) is 5.94. The Balaban J connectivity index is 2.17. The second-order valence-corrected chi connectivity index (χ2v) is 5.30. The van der Waals surface area contributed by atoms with Crippen LogP contribution in [0.1, 0.15) is 54.4 Å². The zero-order valence-electron chi connectivity index (χ0n) is 11.0. The SMILES string of the molecule is O=C(CC1CCCCC1)c1cccc(C(F)(F)F)c1F. The molecule has 0 N–H and O–H groups in total. The summed E-state index contributed by atoms with van der Waals surface area (Å²) < 4.78 is 51.6. The molecule has 0 unspecified atom stereocenters. The molecular weight excluding hydrogens is 272 g/mol. The molecular formula is C15H16F4O. The lowest BCUT2D eigenvalue weighted by atomic mass is 9.84. The molecule has 1 aliphatic rings. The van der Waals surface area contributed by atoms with Crippen LogP contribution in [-0.2, 0) is 6.18 Å². The Kier molecular flexibility index (Phi) is 4.45. The summed E-state index contributed by atoms with van der Waals surface area (Å²) in [6.45, 7) is 0. The van der Waals surface area contributed by atoms with Gasteiger partial charge in [-0.3, -0.25) is 4.79 Å². The van der Waals surface area contributed by atoms with Gasteiger partial charge in [0, 0.05) is 6.42 Å². The number of halogens is 4. The highest BCUT2D eigenvalue weighted by Crippen LogP contribution is 2.33. The van der Waals surface area contributed by atoms with Gasteiger partial charge >= 0.3 is 6.18 Å². The van der Waals surface area contributed by atoms with E-state index in [9.17, 15) is 22.4 Å². The van der Waals surface area contributed by atoms with Crippen LogP contribution < -0.4 is 0 Å². The average Bonchev–Trinajstić information content (AvgIpc) is 2.38. The number of hydrogen-bond acceptors (Lipinski definition) is 1. The van der Waals surface area contributed by atoms with Crippen molar-refractivity contribution in [2.24, 2.45) is 5.92 Å². The first-order valence-electron chi connectivity index (χ1n) is 6.78. The summed E-state index contributed by atoms with van der Waals surface area (Å²) in [6.07, 6.45) is 0.344. The van der Waals surface area contributed by atoms with Gasteiger partial charge in [0.05, 0.1) is 11.1 Å². The van der Waals surface area contributed by atoms with Crippen molar-refractivity contribution in [1.82, 2.24) is 0 Å². The monoisotopic (exact) mass is 288 g/mol. The third kappa shape index (κ3) is 3.38. The molecule has 1 aliphatic carbocycles. The first-order valence-corrected chi connectivity index (χ1v) is 6.78. The minimum Gasteiger partial charge on any atom is -0.294 e. The van der Waals surface area contributed by atoms with Crippen molar-refractivity contribution in [3.8, 4) is 0 Å². The molecule has 1 fully saturated rings. The second-order valence-electron chi connectivity index (χ2n) is 5.30. The van der Waals surface area contributed by atoms with Gasteiger partial charge in [-0.1, -0.05) is 38.2 Å². The molecule has 2 rings (SSSR count). The van der Waals surface area contributed by atoms with E-state index in [4.69, 9.17) is 0 Å². The largest absolute Gasteiger partial charge is 0.419 e. The van der Waals surface area contributed by atoms with Crippen LogP contribution in [-0.4, -0.2) is 5.78 Å². The maximum Gasteiger partial charge on any atom is 0.419 e. The van der Waals surface area contributed by atoms with E-state index in [1.54, 1.807) is 0 Å². The molecule has 1 aromatic carbocycles. The van der Waals surface area contributed by atoms with Gasteiger partial charge in [-0.15, -0.1) is 0 Å². The molecule has 1 saturated carbocycles. The van der Waals surface area contributed by atoms with Gasteiger partial charge in [-0.25, -0.2) is 4.39 Å². The normalized spacial score (nSPS) is 17.2. The lowest BCUT2D eigenvalue weighted by Gasteiger charge is -2.21. The fourth-order valence-corrected chi connectivity index (χ4v) is 2.73. The summed E-state index contributed by atoms with van der Waals surface area (Å²) in [5, 5.41) is 0. The zero-order chi connectivity index (χ0) is 14.8. The number of hydrogen-bond donors (Lipinski definition) is 0. The standard InChI is InChI=1S/C15H16F4O/c16-14-11(7-4-8-12(14)15(17,18)19)13(20)9-10-5-2-1-3-6-10/h4,7-8,10H,1-3,5-6,9H2. The molecule has 110 valence electrons. The van der Waals surface area contributed by atoms with Crippen LogP contribution in [0.25, 0.3) is 0 Å². The predicted octanol–water partition coefficient (Wildman–Crippen LogP) is 5.00. The van der Waals surface area contributed by atoms with Crippen LogP contribution >= 0.6 is 0 Å². The zero-order valence-corrected chi connectivity index (χ0v) is 11.0. The molecule has 1 aromatic rings. The number of carbonyl (C=O) groups excluding carboxylic acids is 1. The number of rotatable bonds is 3. The predicted molar refractivity (Wildman–Crippen MR) is 66.9 cm³/mol. The van der Waals surface area contributed by atoms with Gasteiger partial charge < -0.3 is 0 Å². The Hall–Kier alpha value is -1.39. The molecule has 0 aromatic heterocycles. The number of ketones is 1. The topological polar surface area (TPSA) is 17.1 Å². The van der Waals surface area contributed by atoms with Gasteiger partial charge in [0.2, 0.25) is 0 Å². The molecule has 0 amide bonds. The molecule has 0 radical (unpaired) electrons. The van der Waals surface area contributed by atoms with Gasteiger partial charge in [0.15, 0.2) is 5.78 Å². The minimum atomic E-state index is -4.77. The smallest absolute Gasteiger partial charge is 0.294 e. The van der Waals surface area contributed by atoms with Crippen LogP contribution in [0.15, 0.2) is 18.2 Å². The Morgan fingerprint density at radius 2 is 1.80 bits per heavy atom. The maximum absolute atomic E-state index is 13.8. The lowest BCUT2D eigenvalue weighted by molar-refractivity contribution is -0.140. The molecule has 0 saturated heterocycles. The fourth-order valence-electron chi connectivity index (χ4n) is 2.73. The molecule has 5 heteroatoms. The van der Waals surface area contributed by atoms with Crippen molar-refractivity contribution < 1.29 is 22.4 Å². The van der Waals surface area contributed by atoms with E-state index in [0.29, 0.717) is 6.07 Å². The van der Waals surface area contributed by atoms with Crippen LogP contribution in [0.5, 0.6) is 0 Å². The highest BCUT2D eigenvalue weighted by Gasteiger charge is 2.35. The van der Waals surface area contributed by atoms with Crippen LogP contribution in [0, 0.1) is 11.7 Å². The summed E-state index contributed by atoms with van der Waals surface area (Å²) in [5.74, 6) is -1.80. The van der Waals surface area contributed by atoms with Gasteiger partial charge in [0.1, 0.15) is 5.82 Å². The Labute approximate surface area is 115 Å². The van der Waals surface area contributed by atoms with E-state index in [2.05, 4.69) is 0 Å². The maximum atomic E-state index is 13.8. The molecule has 1 nitrogen and oxygen atoms in total. The Bertz CT molecular complexity index is 487. The number of alkyl halides is 3. The first-order chi connectivity index (χ1) is 9.39. The minimum absolute atomic E-state index is 0.137. The van der Waals surface area contributed by atoms with Gasteiger partial charge in [-0.2, -0.15) is 13.2 Å². The van der Waals surface area contributed by atoms with Crippen molar-refractivity contribution in [1.29, 1.82) is 0 Å². The molecule has 0 atom stereocenters. The summed E-state index contributed by atoms with van der Waals surface area (Å²) in [6, 6.07) is 2.88.